The summed E-state index contributed by atoms with van der Waals surface area (Å²) in [6.07, 6.45) is 3.74. The fourth-order valence-corrected chi connectivity index (χ4v) is 2.56. The summed E-state index contributed by atoms with van der Waals surface area (Å²) in [6, 6.07) is 7.62. The zero-order chi connectivity index (χ0) is 12.4. The molecule has 3 N–H and O–H groups in total. The molecule has 18 heavy (non-hydrogen) atoms. The molecule has 0 spiro atoms. The Balaban J connectivity index is 1.67. The van der Waals surface area contributed by atoms with Gasteiger partial charge in [0, 0.05) is 23.8 Å². The summed E-state index contributed by atoms with van der Waals surface area (Å²) in [6.45, 7) is 0.872. The lowest BCUT2D eigenvalue weighted by Crippen LogP contribution is -2.00. The maximum absolute atomic E-state index is 5.73. The van der Waals surface area contributed by atoms with Crippen molar-refractivity contribution in [3.63, 3.8) is 0 Å². The topological polar surface area (TPSA) is 72.5 Å². The summed E-state index contributed by atoms with van der Waals surface area (Å²) in [7, 11) is 0. The number of imidazole rings is 1. The molecule has 2 heterocycles. The first-order chi connectivity index (χ1) is 8.81. The summed E-state index contributed by atoms with van der Waals surface area (Å²) in [5.74, 6) is 0.928. The van der Waals surface area contributed by atoms with E-state index in [9.17, 15) is 0 Å². The molecular formula is C12H13N5S. The molecule has 0 atom stereocenters. The fraction of sp³-hybridized carbons (Fsp3) is 0.167. The fourth-order valence-electron chi connectivity index (χ4n) is 1.74. The summed E-state index contributed by atoms with van der Waals surface area (Å²) in [5.41, 5.74) is 8.41. The van der Waals surface area contributed by atoms with Crippen molar-refractivity contribution in [3.05, 3.63) is 36.7 Å². The van der Waals surface area contributed by atoms with Crippen molar-refractivity contribution in [1.29, 1.82) is 0 Å². The van der Waals surface area contributed by atoms with Crippen molar-refractivity contribution in [2.24, 2.45) is 0 Å². The van der Waals surface area contributed by atoms with Crippen LogP contribution in [0.4, 0.5) is 5.69 Å². The molecule has 6 heteroatoms. The number of thioether (sulfide) groups is 1. The highest BCUT2D eigenvalue weighted by molar-refractivity contribution is 7.99. The van der Waals surface area contributed by atoms with Gasteiger partial charge in [-0.15, -0.1) is 0 Å². The lowest BCUT2D eigenvalue weighted by atomic mass is 10.3. The number of nitrogens with one attached hydrogen (secondary N) is 1. The number of anilines is 1. The van der Waals surface area contributed by atoms with Crippen LogP contribution in [0.5, 0.6) is 0 Å². The molecule has 92 valence electrons. The van der Waals surface area contributed by atoms with Crippen LogP contribution in [0.2, 0.25) is 0 Å². The molecule has 0 saturated heterocycles. The highest BCUT2D eigenvalue weighted by Crippen LogP contribution is 2.21. The maximum Gasteiger partial charge on any atom is 0.166 e. The van der Waals surface area contributed by atoms with Gasteiger partial charge >= 0.3 is 0 Å². The standard InChI is InChI=1S/C12H13N5S/c13-9-2-3-10-11(8-9)16-12(15-10)18-7-6-17-5-1-4-14-17/h1-5,8H,6-7,13H2,(H,15,16). The highest BCUT2D eigenvalue weighted by Gasteiger charge is 2.03. The zero-order valence-electron chi connectivity index (χ0n) is 9.71. The van der Waals surface area contributed by atoms with Crippen molar-refractivity contribution in [1.82, 2.24) is 19.7 Å². The number of aromatic amines is 1. The lowest BCUT2D eigenvalue weighted by Gasteiger charge is -1.98. The smallest absolute Gasteiger partial charge is 0.166 e. The monoisotopic (exact) mass is 259 g/mol. The molecule has 0 amide bonds. The van der Waals surface area contributed by atoms with E-state index in [4.69, 9.17) is 5.73 Å². The van der Waals surface area contributed by atoms with Gasteiger partial charge in [0.2, 0.25) is 0 Å². The van der Waals surface area contributed by atoms with Crippen molar-refractivity contribution in [2.75, 3.05) is 11.5 Å². The Morgan fingerprint density at radius 3 is 3.17 bits per heavy atom. The number of rotatable bonds is 4. The molecule has 0 fully saturated rings. The Morgan fingerprint density at radius 2 is 2.33 bits per heavy atom. The number of benzene rings is 1. The molecule has 0 aliphatic rings. The summed E-state index contributed by atoms with van der Waals surface area (Å²) in [5, 5.41) is 5.08. The molecule has 5 nitrogen and oxygen atoms in total. The number of fused-ring (bicyclic) bond motifs is 1. The summed E-state index contributed by atoms with van der Waals surface area (Å²) >= 11 is 1.68. The number of hydrogen-bond acceptors (Lipinski definition) is 4. The number of nitrogen functional groups attached to an aromatic ring is 1. The van der Waals surface area contributed by atoms with Gasteiger partial charge in [0.15, 0.2) is 5.16 Å². The van der Waals surface area contributed by atoms with E-state index in [1.54, 1.807) is 18.0 Å². The average molecular weight is 259 g/mol. The third kappa shape index (κ3) is 2.33. The Labute approximate surface area is 108 Å². The minimum absolute atomic E-state index is 0.749. The number of nitrogens with two attached hydrogens (primary N) is 1. The van der Waals surface area contributed by atoms with E-state index in [-0.39, 0.29) is 0 Å². The number of nitrogens with zero attached hydrogens (tertiary/aromatic N) is 3. The SMILES string of the molecule is Nc1ccc2nc(SCCn3cccn3)[nH]c2c1. The van der Waals surface area contributed by atoms with E-state index in [1.807, 2.05) is 35.1 Å². The van der Waals surface area contributed by atoms with Crippen LogP contribution in [-0.2, 0) is 6.54 Å². The normalized spacial score (nSPS) is 11.1. The Bertz CT molecular complexity index is 644. The minimum Gasteiger partial charge on any atom is -0.399 e. The van der Waals surface area contributed by atoms with Gasteiger partial charge in [-0.25, -0.2) is 4.98 Å². The van der Waals surface area contributed by atoms with Crippen LogP contribution in [-0.4, -0.2) is 25.5 Å². The van der Waals surface area contributed by atoms with Gasteiger partial charge < -0.3 is 10.7 Å². The van der Waals surface area contributed by atoms with Crippen molar-refractivity contribution >= 4 is 28.5 Å². The third-order valence-electron chi connectivity index (χ3n) is 2.60. The molecule has 0 aliphatic heterocycles. The molecular weight excluding hydrogens is 246 g/mol. The first kappa shape index (κ1) is 11.2. The van der Waals surface area contributed by atoms with Gasteiger partial charge in [0.1, 0.15) is 0 Å². The molecule has 0 aliphatic carbocycles. The lowest BCUT2D eigenvalue weighted by molar-refractivity contribution is 0.666. The molecule has 0 radical (unpaired) electrons. The second-order valence-electron chi connectivity index (χ2n) is 3.94. The molecule has 3 aromatic rings. The molecule has 2 aromatic heterocycles. The van der Waals surface area contributed by atoms with Crippen molar-refractivity contribution in [2.45, 2.75) is 11.7 Å². The van der Waals surface area contributed by atoms with E-state index in [0.29, 0.717) is 0 Å². The number of hydrogen-bond donors (Lipinski definition) is 2. The van der Waals surface area contributed by atoms with Gasteiger partial charge in [-0.3, -0.25) is 4.68 Å². The predicted molar refractivity (Wildman–Crippen MR) is 73.5 cm³/mol. The Morgan fingerprint density at radius 1 is 1.39 bits per heavy atom. The van der Waals surface area contributed by atoms with E-state index in [0.717, 1.165) is 34.2 Å². The minimum atomic E-state index is 0.749. The zero-order valence-corrected chi connectivity index (χ0v) is 10.5. The van der Waals surface area contributed by atoms with E-state index in [1.165, 1.54) is 0 Å². The molecule has 0 bridgehead atoms. The van der Waals surface area contributed by atoms with Crippen LogP contribution < -0.4 is 5.73 Å². The van der Waals surface area contributed by atoms with Gasteiger partial charge in [0.25, 0.3) is 0 Å². The summed E-state index contributed by atoms with van der Waals surface area (Å²) < 4.78 is 1.91. The van der Waals surface area contributed by atoms with Crippen LogP contribution in [0.1, 0.15) is 0 Å². The molecule has 0 unspecified atom stereocenters. The number of aryl methyl sites for hydroxylation is 1. The van der Waals surface area contributed by atoms with Crippen LogP contribution in [0.15, 0.2) is 41.8 Å². The van der Waals surface area contributed by atoms with Crippen molar-refractivity contribution < 1.29 is 0 Å². The van der Waals surface area contributed by atoms with Crippen LogP contribution >= 0.6 is 11.8 Å². The predicted octanol–water partition coefficient (Wildman–Crippen LogP) is 2.13. The largest absolute Gasteiger partial charge is 0.399 e. The Kier molecular flexibility index (Phi) is 2.93. The van der Waals surface area contributed by atoms with Crippen molar-refractivity contribution in [3.8, 4) is 0 Å². The first-order valence-corrected chi connectivity index (χ1v) is 6.65. The maximum atomic E-state index is 5.73. The molecule has 1 aromatic carbocycles. The van der Waals surface area contributed by atoms with Gasteiger partial charge in [-0.2, -0.15) is 5.10 Å². The first-order valence-electron chi connectivity index (χ1n) is 5.67. The number of H-pyrrole nitrogens is 1. The van der Waals surface area contributed by atoms with Crippen LogP contribution in [0.3, 0.4) is 0 Å². The van der Waals surface area contributed by atoms with Gasteiger partial charge in [0.05, 0.1) is 17.6 Å². The Hall–Kier alpha value is -1.95. The number of aromatic nitrogens is 4. The average Bonchev–Trinajstić information content (AvgIpc) is 2.97. The van der Waals surface area contributed by atoms with E-state index in [2.05, 4.69) is 15.1 Å². The third-order valence-corrected chi connectivity index (χ3v) is 3.46. The van der Waals surface area contributed by atoms with Crippen LogP contribution in [0.25, 0.3) is 11.0 Å². The second-order valence-corrected chi connectivity index (χ2v) is 5.02. The van der Waals surface area contributed by atoms with E-state index >= 15 is 0 Å². The van der Waals surface area contributed by atoms with E-state index < -0.39 is 0 Å². The highest BCUT2D eigenvalue weighted by atomic mass is 32.2. The van der Waals surface area contributed by atoms with Crippen LogP contribution in [0, 0.1) is 0 Å². The quantitative estimate of drug-likeness (QED) is 0.556. The second kappa shape index (κ2) is 4.73. The summed E-state index contributed by atoms with van der Waals surface area (Å²) in [4.78, 5) is 7.75. The molecule has 3 rings (SSSR count). The van der Waals surface area contributed by atoms with Gasteiger partial charge in [-0.1, -0.05) is 11.8 Å². The molecule has 0 saturated carbocycles. The van der Waals surface area contributed by atoms with Gasteiger partial charge in [-0.05, 0) is 24.3 Å².